The van der Waals surface area contributed by atoms with Crippen LogP contribution in [0.2, 0.25) is 0 Å². The normalized spacial score (nSPS) is 18.5. The SMILES string of the molecule is COC(CC(C)CCC(=O)N1C(=O)OC[C@@H]1Cc1ccccc1)OC. The molecule has 0 spiro atoms. The zero-order chi connectivity index (χ0) is 18.2. The predicted octanol–water partition coefficient (Wildman–Crippen LogP) is 3.00. The van der Waals surface area contributed by atoms with E-state index in [-0.39, 0.29) is 30.8 Å². The van der Waals surface area contributed by atoms with Crippen molar-refractivity contribution in [2.45, 2.75) is 44.9 Å². The van der Waals surface area contributed by atoms with Gasteiger partial charge in [0.1, 0.15) is 6.61 Å². The van der Waals surface area contributed by atoms with Crippen molar-refractivity contribution >= 4 is 12.0 Å². The van der Waals surface area contributed by atoms with Crippen LogP contribution in [0.4, 0.5) is 4.79 Å². The maximum absolute atomic E-state index is 12.5. The minimum atomic E-state index is -0.537. The van der Waals surface area contributed by atoms with Crippen LogP contribution in [0.15, 0.2) is 30.3 Å². The van der Waals surface area contributed by atoms with E-state index in [2.05, 4.69) is 0 Å². The number of cyclic esters (lactones) is 1. The highest BCUT2D eigenvalue weighted by molar-refractivity contribution is 5.93. The summed E-state index contributed by atoms with van der Waals surface area (Å²) in [5.74, 6) is 0.0710. The predicted molar refractivity (Wildman–Crippen MR) is 92.9 cm³/mol. The number of nitrogens with zero attached hydrogens (tertiary/aromatic N) is 1. The Labute approximate surface area is 149 Å². The van der Waals surface area contributed by atoms with Crippen LogP contribution in [0.25, 0.3) is 0 Å². The summed E-state index contributed by atoms with van der Waals surface area (Å²) in [5, 5.41) is 0. The molecule has 0 bridgehead atoms. The number of carbonyl (C=O) groups excluding carboxylic acids is 2. The summed E-state index contributed by atoms with van der Waals surface area (Å²) in [6.07, 6.45) is 1.49. The van der Waals surface area contributed by atoms with Crippen molar-refractivity contribution in [2.75, 3.05) is 20.8 Å². The Balaban J connectivity index is 1.88. The summed E-state index contributed by atoms with van der Waals surface area (Å²) < 4.78 is 15.5. The Morgan fingerprint density at radius 1 is 1.28 bits per heavy atom. The molecule has 1 aromatic rings. The minimum absolute atomic E-state index is 0.179. The topological polar surface area (TPSA) is 65.1 Å². The molecular weight excluding hydrogens is 322 g/mol. The molecule has 1 saturated heterocycles. The molecule has 1 aromatic carbocycles. The first-order valence-electron chi connectivity index (χ1n) is 8.63. The van der Waals surface area contributed by atoms with Gasteiger partial charge in [-0.1, -0.05) is 37.3 Å². The first-order chi connectivity index (χ1) is 12.0. The maximum atomic E-state index is 12.5. The monoisotopic (exact) mass is 349 g/mol. The Morgan fingerprint density at radius 2 is 1.96 bits per heavy atom. The van der Waals surface area contributed by atoms with Crippen molar-refractivity contribution in [1.82, 2.24) is 4.90 Å². The van der Waals surface area contributed by atoms with Crippen molar-refractivity contribution in [1.29, 1.82) is 0 Å². The number of imide groups is 1. The molecule has 1 heterocycles. The van der Waals surface area contributed by atoms with E-state index in [1.54, 1.807) is 14.2 Å². The molecular formula is C19H27NO5. The van der Waals surface area contributed by atoms with Crippen LogP contribution in [0, 0.1) is 5.92 Å². The lowest BCUT2D eigenvalue weighted by Gasteiger charge is -2.21. The van der Waals surface area contributed by atoms with Gasteiger partial charge in [-0.05, 0) is 24.3 Å². The number of benzene rings is 1. The molecule has 1 unspecified atom stereocenters. The molecule has 0 saturated carbocycles. The lowest BCUT2D eigenvalue weighted by molar-refractivity contribution is -0.130. The minimum Gasteiger partial charge on any atom is -0.447 e. The van der Waals surface area contributed by atoms with E-state index in [4.69, 9.17) is 14.2 Å². The summed E-state index contributed by atoms with van der Waals surface area (Å²) >= 11 is 0. The molecule has 2 amide bonds. The molecule has 138 valence electrons. The van der Waals surface area contributed by atoms with Gasteiger partial charge < -0.3 is 14.2 Å². The van der Waals surface area contributed by atoms with Gasteiger partial charge in [-0.2, -0.15) is 0 Å². The molecule has 0 aliphatic carbocycles. The van der Waals surface area contributed by atoms with Gasteiger partial charge >= 0.3 is 6.09 Å². The third-order valence-electron chi connectivity index (χ3n) is 4.52. The van der Waals surface area contributed by atoms with E-state index in [1.807, 2.05) is 37.3 Å². The van der Waals surface area contributed by atoms with Crippen LogP contribution in [-0.4, -0.2) is 50.1 Å². The van der Waals surface area contributed by atoms with Gasteiger partial charge in [-0.3, -0.25) is 4.79 Å². The summed E-state index contributed by atoms with van der Waals surface area (Å²) in [6.45, 7) is 2.30. The molecule has 2 atom stereocenters. The average molecular weight is 349 g/mol. The fourth-order valence-corrected chi connectivity index (χ4v) is 3.03. The first kappa shape index (κ1) is 19.4. The summed E-state index contributed by atoms with van der Waals surface area (Å²) in [6, 6.07) is 9.58. The van der Waals surface area contributed by atoms with Crippen LogP contribution in [0.3, 0.4) is 0 Å². The standard InChI is InChI=1S/C19H27NO5/c1-14(11-18(23-2)24-3)9-10-17(21)20-16(13-25-19(20)22)12-15-7-5-4-6-8-15/h4-8,14,16,18H,9-13H2,1-3H3/t14?,16-/m0/s1. The van der Waals surface area contributed by atoms with Gasteiger partial charge in [0.2, 0.25) is 5.91 Å². The first-order valence-corrected chi connectivity index (χ1v) is 8.63. The van der Waals surface area contributed by atoms with E-state index in [9.17, 15) is 9.59 Å². The van der Waals surface area contributed by atoms with E-state index in [0.29, 0.717) is 25.7 Å². The van der Waals surface area contributed by atoms with Gasteiger partial charge in [0.25, 0.3) is 0 Å². The molecule has 1 aliphatic heterocycles. The van der Waals surface area contributed by atoms with Gasteiger partial charge in [0.05, 0.1) is 6.04 Å². The fourth-order valence-electron chi connectivity index (χ4n) is 3.03. The summed E-state index contributed by atoms with van der Waals surface area (Å²) in [7, 11) is 3.20. The highest BCUT2D eigenvalue weighted by Crippen LogP contribution is 2.21. The lowest BCUT2D eigenvalue weighted by Crippen LogP contribution is -2.40. The molecule has 6 heteroatoms. The maximum Gasteiger partial charge on any atom is 0.416 e. The Hall–Kier alpha value is -1.92. The van der Waals surface area contributed by atoms with Crippen LogP contribution in [0.1, 0.15) is 31.7 Å². The van der Waals surface area contributed by atoms with Crippen molar-refractivity contribution in [3.63, 3.8) is 0 Å². The zero-order valence-electron chi connectivity index (χ0n) is 15.1. The van der Waals surface area contributed by atoms with E-state index in [1.165, 1.54) is 4.90 Å². The number of hydrogen-bond acceptors (Lipinski definition) is 5. The van der Waals surface area contributed by atoms with Gasteiger partial charge in [0.15, 0.2) is 6.29 Å². The average Bonchev–Trinajstić information content (AvgIpc) is 2.98. The number of rotatable bonds is 9. The zero-order valence-corrected chi connectivity index (χ0v) is 15.1. The Bertz CT molecular complexity index is 558. The van der Waals surface area contributed by atoms with Crippen LogP contribution >= 0.6 is 0 Å². The number of methoxy groups -OCH3 is 2. The third-order valence-corrected chi connectivity index (χ3v) is 4.52. The van der Waals surface area contributed by atoms with E-state index in [0.717, 1.165) is 5.56 Å². The highest BCUT2D eigenvalue weighted by Gasteiger charge is 2.37. The van der Waals surface area contributed by atoms with Gasteiger partial charge in [-0.15, -0.1) is 0 Å². The molecule has 1 aliphatic rings. The molecule has 0 radical (unpaired) electrons. The fraction of sp³-hybridized carbons (Fsp3) is 0.579. The van der Waals surface area contributed by atoms with Crippen molar-refractivity contribution in [3.8, 4) is 0 Å². The van der Waals surface area contributed by atoms with Crippen LogP contribution < -0.4 is 0 Å². The number of amides is 2. The van der Waals surface area contributed by atoms with Crippen molar-refractivity contribution < 1.29 is 23.8 Å². The lowest BCUT2D eigenvalue weighted by atomic mass is 10.00. The second kappa shape index (κ2) is 9.53. The van der Waals surface area contributed by atoms with E-state index >= 15 is 0 Å². The van der Waals surface area contributed by atoms with Gasteiger partial charge in [0, 0.05) is 27.1 Å². The molecule has 2 rings (SSSR count). The smallest absolute Gasteiger partial charge is 0.416 e. The number of carbonyl (C=O) groups is 2. The summed E-state index contributed by atoms with van der Waals surface area (Å²) in [4.78, 5) is 25.8. The van der Waals surface area contributed by atoms with Crippen molar-refractivity contribution in [2.24, 2.45) is 5.92 Å². The second-order valence-corrected chi connectivity index (χ2v) is 6.46. The summed E-state index contributed by atoms with van der Waals surface area (Å²) in [5.41, 5.74) is 1.08. The second-order valence-electron chi connectivity index (χ2n) is 6.46. The molecule has 0 aromatic heterocycles. The number of ether oxygens (including phenoxy) is 3. The Morgan fingerprint density at radius 3 is 2.60 bits per heavy atom. The Kier molecular flexibility index (Phi) is 7.40. The van der Waals surface area contributed by atoms with Crippen molar-refractivity contribution in [3.05, 3.63) is 35.9 Å². The van der Waals surface area contributed by atoms with Gasteiger partial charge in [-0.25, -0.2) is 9.69 Å². The quantitative estimate of drug-likeness (QED) is 0.641. The highest BCUT2D eigenvalue weighted by atomic mass is 16.7. The van der Waals surface area contributed by atoms with Crippen LogP contribution in [-0.2, 0) is 25.4 Å². The van der Waals surface area contributed by atoms with E-state index < -0.39 is 6.09 Å². The number of hydrogen-bond donors (Lipinski definition) is 0. The molecule has 1 fully saturated rings. The third kappa shape index (κ3) is 5.54. The molecule has 6 nitrogen and oxygen atoms in total. The van der Waals surface area contributed by atoms with Crippen LogP contribution in [0.5, 0.6) is 0 Å². The molecule has 0 N–H and O–H groups in total. The largest absolute Gasteiger partial charge is 0.447 e. The molecule has 25 heavy (non-hydrogen) atoms.